The second-order valence-corrected chi connectivity index (χ2v) is 12.3. The molecular weight excluding hydrogens is 550 g/mol. The first kappa shape index (κ1) is 27.2. The summed E-state index contributed by atoms with van der Waals surface area (Å²) >= 11 is 0. The lowest BCUT2D eigenvalue weighted by Gasteiger charge is -2.38. The molecule has 8 rings (SSSR count). The number of nitrogens with zero attached hydrogens (tertiary/aromatic N) is 3. The first-order valence-electron chi connectivity index (χ1n) is 15.6. The van der Waals surface area contributed by atoms with Gasteiger partial charge >= 0.3 is 0 Å². The van der Waals surface area contributed by atoms with E-state index in [0.29, 0.717) is 0 Å². The zero-order valence-corrected chi connectivity index (χ0v) is 25.4. The van der Waals surface area contributed by atoms with E-state index < -0.39 is 0 Å². The van der Waals surface area contributed by atoms with E-state index in [1.165, 1.54) is 21.8 Å². The predicted octanol–water partition coefficient (Wildman–Crippen LogP) is 10.8. The Morgan fingerprint density at radius 1 is 0.489 bits per heavy atom. The number of hydrogen-bond donors (Lipinski definition) is 0. The molecule has 0 radical (unpaired) electrons. The molecule has 0 unspecified atom stereocenters. The van der Waals surface area contributed by atoms with Gasteiger partial charge in [-0.2, -0.15) is 0 Å². The summed E-state index contributed by atoms with van der Waals surface area (Å²) in [5.74, 6) is 0. The molecule has 0 aliphatic carbocycles. The summed E-state index contributed by atoms with van der Waals surface area (Å²) in [4.78, 5) is 4.68. The van der Waals surface area contributed by atoms with Crippen molar-refractivity contribution < 1.29 is 4.74 Å². The first-order chi connectivity index (χ1) is 22.2. The Morgan fingerprint density at radius 3 is 1.16 bits per heavy atom. The summed E-state index contributed by atoms with van der Waals surface area (Å²) in [6, 6.07) is 56.4. The number of rotatable bonds is 8. The lowest BCUT2D eigenvalue weighted by Crippen LogP contribution is -2.43. The minimum Gasteiger partial charge on any atom is -0.380 e. The van der Waals surface area contributed by atoms with Crippen LogP contribution < -0.4 is 9.80 Å². The second kappa shape index (κ2) is 11.3. The minimum absolute atomic E-state index is 0.121. The maximum absolute atomic E-state index is 5.68. The topological polar surface area (TPSA) is 20.6 Å². The third-order valence-corrected chi connectivity index (χ3v) is 8.85. The van der Waals surface area contributed by atoms with Crippen LogP contribution >= 0.6 is 0 Å². The van der Waals surface area contributed by atoms with Crippen LogP contribution in [0.5, 0.6) is 0 Å². The Bertz CT molecular complexity index is 1850. The van der Waals surface area contributed by atoms with Crippen LogP contribution in [0.1, 0.15) is 6.92 Å². The van der Waals surface area contributed by atoms with Crippen molar-refractivity contribution in [1.82, 2.24) is 4.57 Å². The smallest absolute Gasteiger partial charge is 0.0559 e. The Kier molecular flexibility index (Phi) is 6.85. The van der Waals surface area contributed by atoms with Crippen molar-refractivity contribution in [1.29, 1.82) is 0 Å². The van der Waals surface area contributed by atoms with Crippen molar-refractivity contribution >= 4 is 55.9 Å². The Labute approximate surface area is 264 Å². The number of para-hydroxylation sites is 4. The van der Waals surface area contributed by atoms with Crippen molar-refractivity contribution in [3.05, 3.63) is 158 Å². The molecule has 0 bridgehead atoms. The summed E-state index contributed by atoms with van der Waals surface area (Å²) in [5.41, 5.74) is 9.39. The molecule has 45 heavy (non-hydrogen) atoms. The highest BCUT2D eigenvalue weighted by Gasteiger charge is 2.34. The van der Waals surface area contributed by atoms with Gasteiger partial charge in [0.05, 0.1) is 13.2 Å². The normalized spacial score (nSPS) is 13.9. The van der Waals surface area contributed by atoms with Crippen molar-refractivity contribution in [2.24, 2.45) is 5.41 Å². The van der Waals surface area contributed by atoms with Gasteiger partial charge in [-0.15, -0.1) is 0 Å². The van der Waals surface area contributed by atoms with E-state index in [1.807, 2.05) is 0 Å². The fourth-order valence-electron chi connectivity index (χ4n) is 6.65. The minimum atomic E-state index is 0.121. The lowest BCUT2D eigenvalue weighted by molar-refractivity contribution is -0.109. The number of aromatic nitrogens is 1. The molecule has 0 atom stereocenters. The number of benzene rings is 6. The van der Waals surface area contributed by atoms with E-state index in [0.717, 1.165) is 53.9 Å². The van der Waals surface area contributed by atoms with Crippen LogP contribution in [0.15, 0.2) is 158 Å². The summed E-state index contributed by atoms with van der Waals surface area (Å²) in [5, 5.41) is 2.48. The molecule has 0 N–H and O–H groups in total. The molecule has 1 aliphatic rings. The quantitative estimate of drug-likeness (QED) is 0.177. The third-order valence-electron chi connectivity index (χ3n) is 8.85. The SMILES string of the molecule is CC1(Cn2c3ccc(N(c4ccccc4)c4ccccc4)cc3c3cc(N(c4ccccc4)c4ccccc4)ccc32)COC1. The van der Waals surface area contributed by atoms with Gasteiger partial charge in [0.15, 0.2) is 0 Å². The monoisotopic (exact) mass is 585 g/mol. The predicted molar refractivity (Wildman–Crippen MR) is 188 cm³/mol. The number of fused-ring (bicyclic) bond motifs is 3. The third kappa shape index (κ3) is 5.03. The zero-order valence-electron chi connectivity index (χ0n) is 25.4. The van der Waals surface area contributed by atoms with Crippen LogP contribution in [-0.2, 0) is 11.3 Å². The van der Waals surface area contributed by atoms with E-state index in [2.05, 4.69) is 179 Å². The average Bonchev–Trinajstić information content (AvgIpc) is 3.38. The molecule has 220 valence electrons. The van der Waals surface area contributed by atoms with Crippen LogP contribution in [-0.4, -0.2) is 17.8 Å². The average molecular weight is 586 g/mol. The van der Waals surface area contributed by atoms with Gasteiger partial charge in [0, 0.05) is 67.9 Å². The maximum Gasteiger partial charge on any atom is 0.0559 e. The van der Waals surface area contributed by atoms with Crippen LogP contribution in [0.25, 0.3) is 21.8 Å². The van der Waals surface area contributed by atoms with Gasteiger partial charge < -0.3 is 19.1 Å². The molecular formula is C41H35N3O. The maximum atomic E-state index is 5.68. The highest BCUT2D eigenvalue weighted by Crippen LogP contribution is 2.43. The fourth-order valence-corrected chi connectivity index (χ4v) is 6.65. The molecule has 4 nitrogen and oxygen atoms in total. The Morgan fingerprint density at radius 2 is 0.844 bits per heavy atom. The van der Waals surface area contributed by atoms with E-state index >= 15 is 0 Å². The van der Waals surface area contributed by atoms with Crippen LogP contribution in [0, 0.1) is 5.41 Å². The zero-order chi connectivity index (χ0) is 30.2. The largest absolute Gasteiger partial charge is 0.380 e. The fraction of sp³-hybridized carbons (Fsp3) is 0.122. The van der Waals surface area contributed by atoms with Gasteiger partial charge in [-0.05, 0) is 84.9 Å². The van der Waals surface area contributed by atoms with Gasteiger partial charge in [-0.1, -0.05) is 79.7 Å². The van der Waals surface area contributed by atoms with Gasteiger partial charge in [0.1, 0.15) is 0 Å². The van der Waals surface area contributed by atoms with Crippen molar-refractivity contribution in [3.63, 3.8) is 0 Å². The number of anilines is 6. The van der Waals surface area contributed by atoms with Crippen LogP contribution in [0.2, 0.25) is 0 Å². The summed E-state index contributed by atoms with van der Waals surface area (Å²) < 4.78 is 8.19. The molecule has 4 heteroatoms. The molecule has 1 saturated heterocycles. The first-order valence-corrected chi connectivity index (χ1v) is 15.6. The summed E-state index contributed by atoms with van der Waals surface area (Å²) in [6.45, 7) is 4.82. The molecule has 7 aromatic rings. The highest BCUT2D eigenvalue weighted by atomic mass is 16.5. The highest BCUT2D eigenvalue weighted by molar-refractivity contribution is 6.11. The van der Waals surface area contributed by atoms with E-state index in [-0.39, 0.29) is 5.41 Å². The van der Waals surface area contributed by atoms with E-state index in [4.69, 9.17) is 4.74 Å². The molecule has 1 aliphatic heterocycles. The summed E-state index contributed by atoms with van der Waals surface area (Å²) in [7, 11) is 0. The van der Waals surface area contributed by atoms with E-state index in [1.54, 1.807) is 0 Å². The standard InChI is InChI=1S/C41H35N3O/c1-41(29-45-30-41)28-42-39-24-22-35(43(31-14-6-2-7-15-31)32-16-8-3-9-17-32)26-37(39)38-27-36(23-25-40(38)42)44(33-18-10-4-11-19-33)34-20-12-5-13-21-34/h2-27H,28-30H2,1H3. The van der Waals surface area contributed by atoms with Gasteiger partial charge in [-0.3, -0.25) is 0 Å². The molecule has 0 spiro atoms. The van der Waals surface area contributed by atoms with Crippen molar-refractivity contribution in [2.45, 2.75) is 13.5 Å². The number of hydrogen-bond acceptors (Lipinski definition) is 3. The van der Waals surface area contributed by atoms with Gasteiger partial charge in [0.25, 0.3) is 0 Å². The number of ether oxygens (including phenoxy) is 1. The molecule has 0 amide bonds. The molecule has 2 heterocycles. The molecule has 0 saturated carbocycles. The molecule has 6 aromatic carbocycles. The summed E-state index contributed by atoms with van der Waals surface area (Å²) in [6.07, 6.45) is 0. The Balaban J connectivity index is 1.35. The van der Waals surface area contributed by atoms with Crippen molar-refractivity contribution in [2.75, 3.05) is 23.0 Å². The second-order valence-electron chi connectivity index (χ2n) is 12.3. The van der Waals surface area contributed by atoms with Gasteiger partial charge in [0.2, 0.25) is 0 Å². The van der Waals surface area contributed by atoms with E-state index in [9.17, 15) is 0 Å². The van der Waals surface area contributed by atoms with Gasteiger partial charge in [-0.25, -0.2) is 0 Å². The lowest BCUT2D eigenvalue weighted by atomic mass is 9.88. The van der Waals surface area contributed by atoms with Crippen LogP contribution in [0.4, 0.5) is 34.1 Å². The van der Waals surface area contributed by atoms with Crippen LogP contribution in [0.3, 0.4) is 0 Å². The molecule has 1 fully saturated rings. The molecule has 1 aromatic heterocycles. The van der Waals surface area contributed by atoms with Crippen molar-refractivity contribution in [3.8, 4) is 0 Å². The Hall–Kier alpha value is -5.32.